The summed E-state index contributed by atoms with van der Waals surface area (Å²) in [4.78, 5) is 6.76. The zero-order valence-corrected chi connectivity index (χ0v) is 15.9. The minimum Gasteiger partial charge on any atom is -0.354 e. The molecular weight excluding hydrogens is 389 g/mol. The Bertz CT molecular complexity index is 475. The van der Waals surface area contributed by atoms with Gasteiger partial charge in [0.05, 0.1) is 6.54 Å². The lowest BCUT2D eigenvalue weighted by Gasteiger charge is -2.32. The van der Waals surface area contributed by atoms with Gasteiger partial charge >= 0.3 is 0 Å². The minimum absolute atomic E-state index is 0. The lowest BCUT2D eigenvalue weighted by Crippen LogP contribution is -2.48. The Morgan fingerprint density at radius 1 is 1.45 bits per heavy atom. The number of piperidine rings is 1. The van der Waals surface area contributed by atoms with Crippen LogP contribution in [0.2, 0.25) is 0 Å². The summed E-state index contributed by atoms with van der Waals surface area (Å²) in [6.07, 6.45) is 6.34. The van der Waals surface area contributed by atoms with E-state index in [4.69, 9.17) is 0 Å². The first-order valence-corrected chi connectivity index (χ1v) is 7.63. The molecule has 2 heterocycles. The van der Waals surface area contributed by atoms with E-state index in [1.165, 1.54) is 5.69 Å². The lowest BCUT2D eigenvalue weighted by molar-refractivity contribution is 0.225. The summed E-state index contributed by atoms with van der Waals surface area (Å²) < 4.78 is 2.12. The fourth-order valence-electron chi connectivity index (χ4n) is 2.68. The third-order valence-electron chi connectivity index (χ3n) is 4.03. The maximum atomic E-state index is 4.32. The number of aromatic nitrogens is 1. The van der Waals surface area contributed by atoms with Crippen molar-refractivity contribution in [2.45, 2.75) is 25.4 Å². The first-order chi connectivity index (χ1) is 10.2. The molecule has 124 valence electrons. The summed E-state index contributed by atoms with van der Waals surface area (Å²) in [7, 11) is 3.88. The number of rotatable bonds is 5. The second-order valence-electron chi connectivity index (χ2n) is 5.54. The van der Waals surface area contributed by atoms with Gasteiger partial charge in [-0.1, -0.05) is 6.08 Å². The van der Waals surface area contributed by atoms with Crippen molar-refractivity contribution in [3.63, 3.8) is 0 Å². The average molecular weight is 417 g/mol. The zero-order valence-electron chi connectivity index (χ0n) is 13.6. The Balaban J connectivity index is 0.00000242. The minimum atomic E-state index is 0. The molecule has 1 aromatic heterocycles. The molecule has 1 aliphatic heterocycles. The van der Waals surface area contributed by atoms with Crippen molar-refractivity contribution >= 4 is 29.9 Å². The lowest BCUT2D eigenvalue weighted by atomic mass is 10.1. The molecule has 0 aliphatic carbocycles. The Kier molecular flexibility index (Phi) is 8.55. The van der Waals surface area contributed by atoms with Crippen LogP contribution in [0.3, 0.4) is 0 Å². The van der Waals surface area contributed by atoms with Gasteiger partial charge in [-0.15, -0.1) is 30.6 Å². The number of aryl methyl sites for hydroxylation is 1. The van der Waals surface area contributed by atoms with Crippen molar-refractivity contribution in [1.29, 1.82) is 0 Å². The smallest absolute Gasteiger partial charge is 0.191 e. The summed E-state index contributed by atoms with van der Waals surface area (Å²) in [6, 6.07) is 4.68. The highest BCUT2D eigenvalue weighted by atomic mass is 127. The molecule has 0 amide bonds. The van der Waals surface area contributed by atoms with Crippen LogP contribution in [-0.4, -0.2) is 48.2 Å². The molecule has 0 atom stereocenters. The molecule has 0 radical (unpaired) electrons. The molecular formula is C16H28IN5. The summed E-state index contributed by atoms with van der Waals surface area (Å²) in [5.74, 6) is 0.887. The average Bonchev–Trinajstić information content (AvgIpc) is 2.91. The number of hydrogen-bond donors (Lipinski definition) is 2. The molecule has 0 bridgehead atoms. The molecule has 5 nitrogen and oxygen atoms in total. The van der Waals surface area contributed by atoms with Gasteiger partial charge in [-0.25, -0.2) is 0 Å². The van der Waals surface area contributed by atoms with Crippen molar-refractivity contribution in [2.75, 3.05) is 26.7 Å². The topological polar surface area (TPSA) is 44.6 Å². The second kappa shape index (κ2) is 9.89. The van der Waals surface area contributed by atoms with Crippen molar-refractivity contribution in [3.05, 3.63) is 36.7 Å². The molecule has 1 aliphatic rings. The molecule has 0 unspecified atom stereocenters. The molecule has 6 heteroatoms. The molecule has 1 saturated heterocycles. The van der Waals surface area contributed by atoms with Gasteiger partial charge in [-0.05, 0) is 25.0 Å². The van der Waals surface area contributed by atoms with Crippen LogP contribution < -0.4 is 10.6 Å². The first-order valence-electron chi connectivity index (χ1n) is 7.63. The maximum absolute atomic E-state index is 4.32. The highest BCUT2D eigenvalue weighted by molar-refractivity contribution is 14.0. The van der Waals surface area contributed by atoms with Crippen molar-refractivity contribution in [1.82, 2.24) is 20.1 Å². The molecule has 1 fully saturated rings. The van der Waals surface area contributed by atoms with Gasteiger partial charge in [0.15, 0.2) is 5.96 Å². The summed E-state index contributed by atoms with van der Waals surface area (Å²) >= 11 is 0. The van der Waals surface area contributed by atoms with Gasteiger partial charge in [0, 0.05) is 51.7 Å². The van der Waals surface area contributed by atoms with E-state index in [-0.39, 0.29) is 24.0 Å². The highest BCUT2D eigenvalue weighted by Gasteiger charge is 2.18. The normalized spacial score (nSPS) is 16.9. The van der Waals surface area contributed by atoms with Gasteiger partial charge in [0.25, 0.3) is 0 Å². The number of likely N-dealkylation sites (tertiary alicyclic amines) is 1. The number of hydrogen-bond acceptors (Lipinski definition) is 2. The van der Waals surface area contributed by atoms with E-state index in [0.717, 1.165) is 45.0 Å². The van der Waals surface area contributed by atoms with Crippen LogP contribution in [0, 0.1) is 0 Å². The first kappa shape index (κ1) is 19.0. The van der Waals surface area contributed by atoms with Gasteiger partial charge < -0.3 is 15.2 Å². The second-order valence-corrected chi connectivity index (χ2v) is 5.54. The number of nitrogens with one attached hydrogen (secondary N) is 2. The molecule has 1 aromatic rings. The third kappa shape index (κ3) is 5.64. The van der Waals surface area contributed by atoms with Gasteiger partial charge in [-0.2, -0.15) is 0 Å². The van der Waals surface area contributed by atoms with Crippen LogP contribution >= 0.6 is 24.0 Å². The molecule has 2 rings (SSSR count). The van der Waals surface area contributed by atoms with E-state index < -0.39 is 0 Å². The highest BCUT2D eigenvalue weighted by Crippen LogP contribution is 2.10. The summed E-state index contributed by atoms with van der Waals surface area (Å²) in [5, 5.41) is 6.91. The Labute approximate surface area is 150 Å². The van der Waals surface area contributed by atoms with Gasteiger partial charge in [0.1, 0.15) is 0 Å². The predicted molar refractivity (Wildman–Crippen MR) is 104 cm³/mol. The molecule has 22 heavy (non-hydrogen) atoms. The van der Waals surface area contributed by atoms with Crippen LogP contribution in [-0.2, 0) is 13.6 Å². The van der Waals surface area contributed by atoms with E-state index in [0.29, 0.717) is 6.04 Å². The van der Waals surface area contributed by atoms with Crippen LogP contribution in [0.1, 0.15) is 18.5 Å². The van der Waals surface area contributed by atoms with Crippen molar-refractivity contribution in [3.8, 4) is 0 Å². The summed E-state index contributed by atoms with van der Waals surface area (Å²) in [6.45, 7) is 7.83. The molecule has 0 spiro atoms. The summed E-state index contributed by atoms with van der Waals surface area (Å²) in [5.41, 5.74) is 1.25. The fourth-order valence-corrected chi connectivity index (χ4v) is 2.68. The number of aliphatic imine (C=N–C) groups is 1. The Hall–Kier alpha value is -1.02. The van der Waals surface area contributed by atoms with E-state index in [9.17, 15) is 0 Å². The van der Waals surface area contributed by atoms with E-state index in [1.54, 1.807) is 0 Å². The van der Waals surface area contributed by atoms with Crippen LogP contribution in [0.15, 0.2) is 36.0 Å². The maximum Gasteiger partial charge on any atom is 0.191 e. The fraction of sp³-hybridized carbons (Fsp3) is 0.562. The van der Waals surface area contributed by atoms with Crippen molar-refractivity contribution < 1.29 is 0 Å². The van der Waals surface area contributed by atoms with Crippen molar-refractivity contribution in [2.24, 2.45) is 12.0 Å². The Morgan fingerprint density at radius 2 is 2.18 bits per heavy atom. The van der Waals surface area contributed by atoms with Crippen LogP contribution in [0.4, 0.5) is 0 Å². The van der Waals surface area contributed by atoms with E-state index >= 15 is 0 Å². The van der Waals surface area contributed by atoms with Gasteiger partial charge in [-0.3, -0.25) is 9.89 Å². The number of halogens is 1. The quantitative estimate of drug-likeness (QED) is 0.333. The zero-order chi connectivity index (χ0) is 15.1. The third-order valence-corrected chi connectivity index (χ3v) is 4.03. The molecule has 2 N–H and O–H groups in total. The monoisotopic (exact) mass is 417 g/mol. The van der Waals surface area contributed by atoms with Crippen LogP contribution in [0.25, 0.3) is 0 Å². The molecule has 0 saturated carbocycles. The Morgan fingerprint density at radius 3 is 2.73 bits per heavy atom. The van der Waals surface area contributed by atoms with E-state index in [2.05, 4.69) is 57.0 Å². The van der Waals surface area contributed by atoms with E-state index in [1.807, 2.05) is 13.1 Å². The standard InChI is InChI=1S/C16H27N5.HI/c1-4-9-21-11-7-14(8-12-21)19-16(17-2)18-13-15-6-5-10-20(15)3;/h4-6,10,14H,1,7-9,11-13H2,2-3H3,(H2,17,18,19);1H. The number of nitrogens with zero attached hydrogens (tertiary/aromatic N) is 3. The largest absolute Gasteiger partial charge is 0.354 e. The SMILES string of the molecule is C=CCN1CCC(NC(=NC)NCc2cccn2C)CC1.I. The number of guanidine groups is 1. The van der Waals surface area contributed by atoms with Gasteiger partial charge in [0.2, 0.25) is 0 Å². The predicted octanol–water partition coefficient (Wildman–Crippen LogP) is 1.96. The van der Waals surface area contributed by atoms with Crippen LogP contribution in [0.5, 0.6) is 0 Å². The molecule has 0 aromatic carbocycles.